The molecule has 1 fully saturated rings. The molecule has 0 bridgehead atoms. The zero-order valence-corrected chi connectivity index (χ0v) is 15.1. The molecule has 2 aromatic carbocycles. The van der Waals surface area contributed by atoms with Gasteiger partial charge < -0.3 is 19.7 Å². The van der Waals surface area contributed by atoms with Gasteiger partial charge >= 0.3 is 0 Å². The van der Waals surface area contributed by atoms with E-state index in [0.29, 0.717) is 6.61 Å². The number of anilines is 2. The first-order chi connectivity index (χ1) is 13.4. The number of hydrogen-bond donors (Lipinski definition) is 1. The number of benzene rings is 2. The summed E-state index contributed by atoms with van der Waals surface area (Å²) < 4.78 is 13.1. The first-order valence-corrected chi connectivity index (χ1v) is 9.37. The second-order valence-electron chi connectivity index (χ2n) is 6.73. The van der Waals surface area contributed by atoms with E-state index in [0.717, 1.165) is 61.2 Å². The number of fused-ring (bicyclic) bond motifs is 1. The third-order valence-electron chi connectivity index (χ3n) is 5.06. The number of aromatic nitrogens is 2. The Morgan fingerprint density at radius 3 is 2.56 bits per heavy atom. The summed E-state index contributed by atoms with van der Waals surface area (Å²) in [6, 6.07) is 16.9. The van der Waals surface area contributed by atoms with Gasteiger partial charge in [0.15, 0.2) is 0 Å². The molecule has 0 radical (unpaired) electrons. The van der Waals surface area contributed by atoms with Crippen molar-refractivity contribution >= 4 is 11.4 Å². The molecule has 0 saturated carbocycles. The van der Waals surface area contributed by atoms with E-state index >= 15 is 0 Å². The number of morpholine rings is 1. The zero-order valence-electron chi connectivity index (χ0n) is 15.1. The third-order valence-corrected chi connectivity index (χ3v) is 5.06. The fraction of sp³-hybridized carbons (Fsp3) is 0.286. The Kier molecular flexibility index (Phi) is 4.18. The quantitative estimate of drug-likeness (QED) is 0.776. The van der Waals surface area contributed by atoms with Gasteiger partial charge in [0.05, 0.1) is 36.5 Å². The molecular weight excluding hydrogens is 340 g/mol. The molecule has 0 aliphatic carbocycles. The van der Waals surface area contributed by atoms with Crippen molar-refractivity contribution < 1.29 is 9.47 Å². The molecule has 6 nitrogen and oxygen atoms in total. The van der Waals surface area contributed by atoms with Crippen LogP contribution in [0.25, 0.3) is 16.9 Å². The minimum absolute atomic E-state index is 0.708. The van der Waals surface area contributed by atoms with Crippen LogP contribution in [0, 0.1) is 0 Å². The topological polar surface area (TPSA) is 51.5 Å². The predicted octanol–water partition coefficient (Wildman–Crippen LogP) is 3.18. The van der Waals surface area contributed by atoms with Crippen LogP contribution in [0.3, 0.4) is 0 Å². The van der Waals surface area contributed by atoms with Gasteiger partial charge in [-0.05, 0) is 48.5 Å². The molecular formula is C21H22N4O2. The lowest BCUT2D eigenvalue weighted by Gasteiger charge is -2.29. The standard InChI is InChI=1S/C21H22N4O2/c1-6-21-19(22-9-12-27-21)15-16(1)20-7-8-23-25(20)18-4-2-17(3-5-18)24-10-13-26-14-11-24/h1-8,15,22H,9-14H2. The molecule has 1 aromatic heterocycles. The maximum atomic E-state index is 5.68. The maximum absolute atomic E-state index is 5.68. The highest BCUT2D eigenvalue weighted by atomic mass is 16.5. The molecule has 1 saturated heterocycles. The SMILES string of the molecule is c1cc(-c2ccc3c(c2)NCCO3)n(-c2ccc(N3CCOCC3)cc2)n1. The van der Waals surface area contributed by atoms with Crippen molar-refractivity contribution in [1.82, 2.24) is 9.78 Å². The zero-order chi connectivity index (χ0) is 18.1. The van der Waals surface area contributed by atoms with E-state index in [1.54, 1.807) is 0 Å². The molecule has 0 amide bonds. The summed E-state index contributed by atoms with van der Waals surface area (Å²) in [4.78, 5) is 2.35. The van der Waals surface area contributed by atoms with Gasteiger partial charge in [0.1, 0.15) is 12.4 Å². The predicted molar refractivity (Wildman–Crippen MR) is 106 cm³/mol. The summed E-state index contributed by atoms with van der Waals surface area (Å²) >= 11 is 0. The second kappa shape index (κ2) is 6.96. The lowest BCUT2D eigenvalue weighted by Crippen LogP contribution is -2.36. The summed E-state index contributed by atoms with van der Waals surface area (Å²) in [6.07, 6.45) is 1.84. The van der Waals surface area contributed by atoms with Gasteiger partial charge in [0.2, 0.25) is 0 Å². The Morgan fingerprint density at radius 2 is 1.70 bits per heavy atom. The monoisotopic (exact) mass is 362 g/mol. The largest absolute Gasteiger partial charge is 0.490 e. The third kappa shape index (κ3) is 3.13. The van der Waals surface area contributed by atoms with Gasteiger partial charge in [-0.3, -0.25) is 0 Å². The molecule has 3 heterocycles. The summed E-state index contributed by atoms with van der Waals surface area (Å²) in [5.74, 6) is 0.908. The van der Waals surface area contributed by atoms with Crippen LogP contribution >= 0.6 is 0 Å². The number of nitrogens with one attached hydrogen (secondary N) is 1. The van der Waals surface area contributed by atoms with Crippen molar-refractivity contribution in [2.45, 2.75) is 0 Å². The van der Waals surface area contributed by atoms with E-state index in [9.17, 15) is 0 Å². The molecule has 1 N–H and O–H groups in total. The van der Waals surface area contributed by atoms with Crippen LogP contribution in [-0.4, -0.2) is 49.2 Å². The lowest BCUT2D eigenvalue weighted by atomic mass is 10.1. The smallest absolute Gasteiger partial charge is 0.142 e. The van der Waals surface area contributed by atoms with Gasteiger partial charge in [-0.15, -0.1) is 0 Å². The van der Waals surface area contributed by atoms with Crippen molar-refractivity contribution in [2.75, 3.05) is 49.7 Å². The van der Waals surface area contributed by atoms with E-state index < -0.39 is 0 Å². The van der Waals surface area contributed by atoms with Crippen molar-refractivity contribution in [3.63, 3.8) is 0 Å². The summed E-state index contributed by atoms with van der Waals surface area (Å²) in [5, 5.41) is 7.95. The minimum atomic E-state index is 0.708. The Balaban J connectivity index is 1.44. The molecule has 0 atom stereocenters. The highest BCUT2D eigenvalue weighted by Crippen LogP contribution is 2.33. The van der Waals surface area contributed by atoms with Crippen LogP contribution in [0.5, 0.6) is 5.75 Å². The summed E-state index contributed by atoms with van der Waals surface area (Å²) in [7, 11) is 0. The molecule has 0 spiro atoms. The molecule has 3 aromatic rings. The molecule has 2 aliphatic heterocycles. The minimum Gasteiger partial charge on any atom is -0.490 e. The van der Waals surface area contributed by atoms with E-state index in [-0.39, 0.29) is 0 Å². The van der Waals surface area contributed by atoms with E-state index in [4.69, 9.17) is 9.47 Å². The Morgan fingerprint density at radius 1 is 0.889 bits per heavy atom. The molecule has 27 heavy (non-hydrogen) atoms. The van der Waals surface area contributed by atoms with Crippen LogP contribution in [0.4, 0.5) is 11.4 Å². The Bertz CT molecular complexity index is 930. The summed E-state index contributed by atoms with van der Waals surface area (Å²) in [6.45, 7) is 5.01. The molecule has 2 aliphatic rings. The Hall–Kier alpha value is -2.99. The Labute approximate surface area is 158 Å². The fourth-order valence-corrected chi connectivity index (χ4v) is 3.65. The van der Waals surface area contributed by atoms with Crippen LogP contribution in [0.15, 0.2) is 54.7 Å². The number of ether oxygens (including phenoxy) is 2. The molecule has 0 unspecified atom stereocenters. The first-order valence-electron chi connectivity index (χ1n) is 9.37. The second-order valence-corrected chi connectivity index (χ2v) is 6.73. The van der Waals surface area contributed by atoms with Gasteiger partial charge in [0, 0.05) is 30.9 Å². The average Bonchev–Trinajstić information content (AvgIpc) is 3.24. The van der Waals surface area contributed by atoms with Crippen LogP contribution in [0.1, 0.15) is 0 Å². The molecule has 138 valence electrons. The van der Waals surface area contributed by atoms with E-state index in [1.807, 2.05) is 23.0 Å². The number of nitrogens with zero attached hydrogens (tertiary/aromatic N) is 3. The van der Waals surface area contributed by atoms with Gasteiger partial charge in [-0.1, -0.05) is 0 Å². The normalized spacial score (nSPS) is 16.4. The van der Waals surface area contributed by atoms with Gasteiger partial charge in [-0.25, -0.2) is 4.68 Å². The van der Waals surface area contributed by atoms with Crippen LogP contribution < -0.4 is 15.0 Å². The van der Waals surface area contributed by atoms with Crippen molar-refractivity contribution in [2.24, 2.45) is 0 Å². The number of hydrogen-bond acceptors (Lipinski definition) is 5. The summed E-state index contributed by atoms with van der Waals surface area (Å²) in [5.41, 5.74) is 5.49. The highest BCUT2D eigenvalue weighted by molar-refractivity contribution is 5.71. The lowest BCUT2D eigenvalue weighted by molar-refractivity contribution is 0.122. The van der Waals surface area contributed by atoms with Crippen molar-refractivity contribution in [3.8, 4) is 22.7 Å². The molecule has 5 rings (SSSR count). The average molecular weight is 362 g/mol. The van der Waals surface area contributed by atoms with Crippen molar-refractivity contribution in [3.05, 3.63) is 54.7 Å². The van der Waals surface area contributed by atoms with Crippen molar-refractivity contribution in [1.29, 1.82) is 0 Å². The van der Waals surface area contributed by atoms with Gasteiger partial charge in [0.25, 0.3) is 0 Å². The van der Waals surface area contributed by atoms with E-state index in [1.165, 1.54) is 5.69 Å². The van der Waals surface area contributed by atoms with Crippen LogP contribution in [-0.2, 0) is 4.74 Å². The van der Waals surface area contributed by atoms with E-state index in [2.05, 4.69) is 51.7 Å². The van der Waals surface area contributed by atoms with Crippen LogP contribution in [0.2, 0.25) is 0 Å². The van der Waals surface area contributed by atoms with Gasteiger partial charge in [-0.2, -0.15) is 5.10 Å². The first kappa shape index (κ1) is 16.2. The molecule has 6 heteroatoms. The maximum Gasteiger partial charge on any atom is 0.142 e. The highest BCUT2D eigenvalue weighted by Gasteiger charge is 2.15. The fourth-order valence-electron chi connectivity index (χ4n) is 3.65. The number of rotatable bonds is 3.